The first-order valence-corrected chi connectivity index (χ1v) is 11.8. The van der Waals surface area contributed by atoms with E-state index >= 15 is 0 Å². The second-order valence-corrected chi connectivity index (χ2v) is 10.3. The van der Waals surface area contributed by atoms with Crippen LogP contribution in [0.5, 0.6) is 5.75 Å². The minimum atomic E-state index is -5.08. The van der Waals surface area contributed by atoms with E-state index in [1.165, 1.54) is 4.90 Å². The standard InChI is InChI=1S/C24H25F6NO3.C2HF3O2/c1-22(2,3)20-19(14-7-5-4-6-8-14)15(12-31(20)21(32)33)13-34-18-10-16(23(25,26)27)9-17(11-18)24(28,29)30;3-2(4,5)1(6)7/h4-11,15,19-20H,12-13H2,1-3H3,(H,32,33);(H,6,7). The molecule has 41 heavy (non-hydrogen) atoms. The maximum absolute atomic E-state index is 13.2. The van der Waals surface area contributed by atoms with Crippen LogP contribution in [0.15, 0.2) is 48.5 Å². The summed E-state index contributed by atoms with van der Waals surface area (Å²) in [6, 6.07) is 9.64. The molecule has 0 saturated carbocycles. The summed E-state index contributed by atoms with van der Waals surface area (Å²) in [6.07, 6.45) is -16.2. The summed E-state index contributed by atoms with van der Waals surface area (Å²) in [6.45, 7) is 5.43. The van der Waals surface area contributed by atoms with Gasteiger partial charge >= 0.3 is 30.6 Å². The first-order valence-electron chi connectivity index (χ1n) is 11.8. The van der Waals surface area contributed by atoms with E-state index in [0.29, 0.717) is 12.1 Å². The van der Waals surface area contributed by atoms with Crippen molar-refractivity contribution in [1.82, 2.24) is 4.90 Å². The predicted octanol–water partition coefficient (Wildman–Crippen LogP) is 7.54. The van der Waals surface area contributed by atoms with Crippen molar-refractivity contribution < 1.29 is 64.1 Å². The van der Waals surface area contributed by atoms with Crippen LogP contribution in [0.4, 0.5) is 44.3 Å². The van der Waals surface area contributed by atoms with Gasteiger partial charge in [-0.15, -0.1) is 0 Å². The number of carbonyl (C=O) groups is 2. The van der Waals surface area contributed by atoms with E-state index in [2.05, 4.69) is 0 Å². The molecule has 0 aliphatic carbocycles. The minimum Gasteiger partial charge on any atom is -0.493 e. The fourth-order valence-corrected chi connectivity index (χ4v) is 4.63. The number of alkyl halides is 9. The fourth-order valence-electron chi connectivity index (χ4n) is 4.63. The lowest BCUT2D eigenvalue weighted by atomic mass is 9.73. The number of carboxylic acids is 1. The lowest BCUT2D eigenvalue weighted by Crippen LogP contribution is -2.44. The van der Waals surface area contributed by atoms with Gasteiger partial charge in [0.2, 0.25) is 0 Å². The SMILES string of the molecule is CC(C)(C)C1C(c2ccccc2)C(COc2cc(C(F)(F)F)cc(C(F)(F)F)c2)CN1C(=O)O.O=C(O)C(F)(F)F. The molecule has 15 heteroatoms. The van der Waals surface area contributed by atoms with Crippen molar-refractivity contribution in [2.45, 2.75) is 51.3 Å². The maximum Gasteiger partial charge on any atom is 0.490 e. The average molecular weight is 603 g/mol. The van der Waals surface area contributed by atoms with Crippen LogP contribution in [0.2, 0.25) is 0 Å². The monoisotopic (exact) mass is 603 g/mol. The lowest BCUT2D eigenvalue weighted by Gasteiger charge is -2.37. The van der Waals surface area contributed by atoms with E-state index in [-0.39, 0.29) is 25.1 Å². The number of hydrogen-bond acceptors (Lipinski definition) is 3. The van der Waals surface area contributed by atoms with E-state index in [0.717, 1.165) is 5.56 Å². The molecule has 1 saturated heterocycles. The quantitative estimate of drug-likeness (QED) is 0.353. The number of hydrogen-bond donors (Lipinski definition) is 2. The second-order valence-electron chi connectivity index (χ2n) is 10.3. The van der Waals surface area contributed by atoms with Gasteiger partial charge in [0.1, 0.15) is 5.75 Å². The zero-order valence-electron chi connectivity index (χ0n) is 21.7. The molecule has 2 aromatic rings. The summed E-state index contributed by atoms with van der Waals surface area (Å²) >= 11 is 0. The van der Waals surface area contributed by atoms with Gasteiger partial charge in [0, 0.05) is 24.4 Å². The number of halogens is 9. The third kappa shape index (κ3) is 8.92. The third-order valence-corrected chi connectivity index (χ3v) is 6.20. The molecule has 0 bridgehead atoms. The smallest absolute Gasteiger partial charge is 0.490 e. The van der Waals surface area contributed by atoms with Gasteiger partial charge in [-0.25, -0.2) is 9.59 Å². The van der Waals surface area contributed by atoms with E-state index in [1.54, 1.807) is 18.2 Å². The molecule has 3 rings (SSSR count). The molecule has 1 amide bonds. The summed E-state index contributed by atoms with van der Waals surface area (Å²) in [5.41, 5.74) is -2.61. The van der Waals surface area contributed by atoms with Crippen LogP contribution in [-0.4, -0.2) is 52.5 Å². The highest BCUT2D eigenvalue weighted by Gasteiger charge is 2.50. The number of carboxylic acid groups (broad SMARTS) is 2. The van der Waals surface area contributed by atoms with Gasteiger partial charge in [-0.05, 0) is 29.2 Å². The van der Waals surface area contributed by atoms with Gasteiger partial charge in [-0.3, -0.25) is 0 Å². The van der Waals surface area contributed by atoms with E-state index in [1.807, 2.05) is 32.9 Å². The van der Waals surface area contributed by atoms with E-state index in [9.17, 15) is 49.4 Å². The molecule has 0 spiro atoms. The Balaban J connectivity index is 0.000000745. The summed E-state index contributed by atoms with van der Waals surface area (Å²) in [5.74, 6) is -4.20. The Morgan fingerprint density at radius 2 is 1.32 bits per heavy atom. The average Bonchev–Trinajstić information content (AvgIpc) is 3.22. The number of amides is 1. The number of rotatable bonds is 4. The summed E-state index contributed by atoms with van der Waals surface area (Å²) in [4.78, 5) is 22.2. The summed E-state index contributed by atoms with van der Waals surface area (Å²) in [7, 11) is 0. The number of aliphatic carboxylic acids is 1. The summed E-state index contributed by atoms with van der Waals surface area (Å²) < 4.78 is 116. The van der Waals surface area contributed by atoms with Gasteiger partial charge in [0.15, 0.2) is 0 Å². The minimum absolute atomic E-state index is 0.0297. The molecule has 2 aromatic carbocycles. The van der Waals surface area contributed by atoms with Crippen LogP contribution in [0.25, 0.3) is 0 Å². The molecular formula is C26H26F9NO5. The normalized spacial score (nSPS) is 19.8. The van der Waals surface area contributed by atoms with E-state index in [4.69, 9.17) is 14.6 Å². The first kappa shape index (κ1) is 33.6. The maximum atomic E-state index is 13.2. The Kier molecular flexibility index (Phi) is 9.88. The highest BCUT2D eigenvalue weighted by atomic mass is 19.4. The Labute approximate surface area is 228 Å². The van der Waals surface area contributed by atoms with Crippen molar-refractivity contribution in [3.63, 3.8) is 0 Å². The van der Waals surface area contributed by atoms with Crippen molar-refractivity contribution in [3.8, 4) is 5.75 Å². The van der Waals surface area contributed by atoms with Crippen LogP contribution >= 0.6 is 0 Å². The molecule has 1 heterocycles. The molecule has 1 aliphatic heterocycles. The van der Waals surface area contributed by atoms with Crippen molar-refractivity contribution in [1.29, 1.82) is 0 Å². The summed E-state index contributed by atoms with van der Waals surface area (Å²) in [5, 5.41) is 16.9. The van der Waals surface area contributed by atoms with Gasteiger partial charge in [-0.2, -0.15) is 39.5 Å². The Morgan fingerprint density at radius 1 is 0.854 bits per heavy atom. The van der Waals surface area contributed by atoms with Gasteiger partial charge in [0.25, 0.3) is 0 Å². The van der Waals surface area contributed by atoms with Crippen LogP contribution < -0.4 is 4.74 Å². The molecule has 2 N–H and O–H groups in total. The van der Waals surface area contributed by atoms with E-state index < -0.39 is 64.8 Å². The number of ether oxygens (including phenoxy) is 1. The predicted molar refractivity (Wildman–Crippen MR) is 126 cm³/mol. The topological polar surface area (TPSA) is 87.1 Å². The van der Waals surface area contributed by atoms with Crippen LogP contribution in [0.3, 0.4) is 0 Å². The van der Waals surface area contributed by atoms with Crippen LogP contribution in [-0.2, 0) is 17.1 Å². The fraction of sp³-hybridized carbons (Fsp3) is 0.462. The van der Waals surface area contributed by atoms with Gasteiger partial charge in [-0.1, -0.05) is 51.1 Å². The second kappa shape index (κ2) is 12.1. The first-order chi connectivity index (χ1) is 18.5. The zero-order chi connectivity index (χ0) is 31.6. The Morgan fingerprint density at radius 3 is 1.68 bits per heavy atom. The molecule has 3 atom stereocenters. The van der Waals surface area contributed by atoms with Crippen molar-refractivity contribution in [2.24, 2.45) is 11.3 Å². The third-order valence-electron chi connectivity index (χ3n) is 6.20. The highest BCUT2D eigenvalue weighted by molar-refractivity contribution is 5.73. The lowest BCUT2D eigenvalue weighted by molar-refractivity contribution is -0.192. The van der Waals surface area contributed by atoms with Crippen LogP contribution in [0.1, 0.15) is 43.4 Å². The largest absolute Gasteiger partial charge is 0.493 e. The van der Waals surface area contributed by atoms with Gasteiger partial charge in [0.05, 0.1) is 17.7 Å². The number of nitrogens with zero attached hydrogens (tertiary/aromatic N) is 1. The highest BCUT2D eigenvalue weighted by Crippen LogP contribution is 2.46. The Hall–Kier alpha value is -3.65. The van der Waals surface area contributed by atoms with Crippen molar-refractivity contribution in [2.75, 3.05) is 13.2 Å². The van der Waals surface area contributed by atoms with Gasteiger partial charge < -0.3 is 19.8 Å². The van der Waals surface area contributed by atoms with Crippen molar-refractivity contribution in [3.05, 3.63) is 65.2 Å². The molecule has 3 unspecified atom stereocenters. The van der Waals surface area contributed by atoms with Crippen molar-refractivity contribution >= 4 is 12.1 Å². The zero-order valence-corrected chi connectivity index (χ0v) is 21.7. The molecule has 228 valence electrons. The molecule has 1 aliphatic rings. The molecule has 0 aromatic heterocycles. The molecule has 0 radical (unpaired) electrons. The number of benzene rings is 2. The molecule has 6 nitrogen and oxygen atoms in total. The number of likely N-dealkylation sites (tertiary alicyclic amines) is 1. The molecular weight excluding hydrogens is 577 g/mol. The Bertz CT molecular complexity index is 1170. The molecule has 1 fully saturated rings. The van der Waals surface area contributed by atoms with Crippen LogP contribution in [0, 0.1) is 11.3 Å².